The molecule has 0 atom stereocenters. The van der Waals surface area contributed by atoms with Crippen LogP contribution >= 0.6 is 11.3 Å². The molecule has 0 saturated carbocycles. The molecule has 0 aliphatic rings. The molecule has 0 amide bonds. The monoisotopic (exact) mass is 390 g/mol. The van der Waals surface area contributed by atoms with Crippen molar-refractivity contribution in [3.63, 3.8) is 0 Å². The van der Waals surface area contributed by atoms with E-state index in [1.165, 1.54) is 26.4 Å². The number of nitrogens with one attached hydrogen (secondary N) is 1. The molecule has 0 bridgehead atoms. The zero-order valence-corrected chi connectivity index (χ0v) is 16.1. The number of benzene rings is 2. The fourth-order valence-electron chi connectivity index (χ4n) is 2.45. The summed E-state index contributed by atoms with van der Waals surface area (Å²) in [5, 5.41) is 2.89. The molecular formula is C18H18N2O4S2. The Bertz CT molecular complexity index is 1030. The van der Waals surface area contributed by atoms with Gasteiger partial charge in [0.25, 0.3) is 10.0 Å². The Morgan fingerprint density at radius 3 is 2.54 bits per heavy atom. The lowest BCUT2D eigenvalue weighted by atomic mass is 10.1. The van der Waals surface area contributed by atoms with Gasteiger partial charge in [0.05, 0.1) is 24.9 Å². The van der Waals surface area contributed by atoms with E-state index in [0.29, 0.717) is 11.4 Å². The first kappa shape index (κ1) is 18.2. The minimum atomic E-state index is -3.82. The third-order valence-corrected chi connectivity index (χ3v) is 5.88. The quantitative estimate of drug-likeness (QED) is 0.690. The fourth-order valence-corrected chi connectivity index (χ4v) is 4.27. The van der Waals surface area contributed by atoms with E-state index in [1.807, 2.05) is 18.4 Å². The van der Waals surface area contributed by atoms with Crippen molar-refractivity contribution >= 4 is 27.0 Å². The van der Waals surface area contributed by atoms with Crippen molar-refractivity contribution in [2.45, 2.75) is 11.8 Å². The summed E-state index contributed by atoms with van der Waals surface area (Å²) < 4.78 is 38.5. The zero-order valence-electron chi connectivity index (χ0n) is 14.5. The summed E-state index contributed by atoms with van der Waals surface area (Å²) >= 11 is 1.55. The van der Waals surface area contributed by atoms with E-state index in [9.17, 15) is 8.42 Å². The summed E-state index contributed by atoms with van der Waals surface area (Å²) in [7, 11) is -0.901. The van der Waals surface area contributed by atoms with Gasteiger partial charge < -0.3 is 9.47 Å². The van der Waals surface area contributed by atoms with Crippen LogP contribution < -0.4 is 14.2 Å². The number of methoxy groups -OCH3 is 2. The molecule has 0 saturated heterocycles. The van der Waals surface area contributed by atoms with Gasteiger partial charge in [-0.05, 0) is 31.2 Å². The second-order valence-corrected chi connectivity index (χ2v) is 8.17. The molecule has 0 fully saturated rings. The molecule has 26 heavy (non-hydrogen) atoms. The van der Waals surface area contributed by atoms with Gasteiger partial charge in [-0.3, -0.25) is 4.72 Å². The topological polar surface area (TPSA) is 77.5 Å². The second-order valence-electron chi connectivity index (χ2n) is 5.45. The Kier molecular flexibility index (Phi) is 5.15. The van der Waals surface area contributed by atoms with Crippen molar-refractivity contribution < 1.29 is 17.9 Å². The molecular weight excluding hydrogens is 372 g/mol. The maximum atomic E-state index is 12.8. The normalized spacial score (nSPS) is 11.2. The van der Waals surface area contributed by atoms with Gasteiger partial charge in [0.15, 0.2) is 0 Å². The van der Waals surface area contributed by atoms with E-state index in [-0.39, 0.29) is 10.6 Å². The minimum absolute atomic E-state index is 0.0377. The second kappa shape index (κ2) is 7.35. The van der Waals surface area contributed by atoms with E-state index >= 15 is 0 Å². The van der Waals surface area contributed by atoms with E-state index in [0.717, 1.165) is 16.3 Å². The van der Waals surface area contributed by atoms with Crippen LogP contribution in [-0.4, -0.2) is 27.6 Å². The predicted octanol–water partition coefficient (Wildman–Crippen LogP) is 3.94. The van der Waals surface area contributed by atoms with Crippen LogP contribution in [0, 0.1) is 6.92 Å². The fraction of sp³-hybridized carbons (Fsp3) is 0.167. The summed E-state index contributed by atoms with van der Waals surface area (Å²) in [4.78, 5) is 4.47. The summed E-state index contributed by atoms with van der Waals surface area (Å²) in [6, 6.07) is 11.7. The smallest absolute Gasteiger partial charge is 0.265 e. The number of nitrogens with zero attached hydrogens (tertiary/aromatic N) is 1. The number of thiazole rings is 1. The third-order valence-electron chi connectivity index (χ3n) is 3.69. The number of rotatable bonds is 6. The number of sulfonamides is 1. The van der Waals surface area contributed by atoms with Gasteiger partial charge in [0, 0.05) is 22.7 Å². The highest BCUT2D eigenvalue weighted by atomic mass is 32.2. The molecule has 1 N–H and O–H groups in total. The van der Waals surface area contributed by atoms with Crippen LogP contribution in [0.4, 0.5) is 5.69 Å². The minimum Gasteiger partial charge on any atom is -0.497 e. The predicted molar refractivity (Wildman–Crippen MR) is 103 cm³/mol. The lowest BCUT2D eigenvalue weighted by molar-refractivity contribution is 0.386. The Hall–Kier alpha value is -2.58. The summed E-state index contributed by atoms with van der Waals surface area (Å²) in [6.07, 6.45) is 0. The highest BCUT2D eigenvalue weighted by Crippen LogP contribution is 2.31. The highest BCUT2D eigenvalue weighted by Gasteiger charge is 2.20. The molecule has 0 aliphatic heterocycles. The molecule has 6 nitrogen and oxygen atoms in total. The van der Waals surface area contributed by atoms with E-state index < -0.39 is 10.0 Å². The van der Waals surface area contributed by atoms with Crippen LogP contribution in [0.3, 0.4) is 0 Å². The maximum absolute atomic E-state index is 12.8. The Morgan fingerprint density at radius 1 is 1.08 bits per heavy atom. The Labute approximate surface area is 156 Å². The molecule has 1 heterocycles. The number of anilines is 1. The van der Waals surface area contributed by atoms with Crippen molar-refractivity contribution in [3.8, 4) is 22.8 Å². The van der Waals surface area contributed by atoms with E-state index in [1.54, 1.807) is 35.6 Å². The van der Waals surface area contributed by atoms with Crippen molar-refractivity contribution in [2.75, 3.05) is 18.9 Å². The maximum Gasteiger partial charge on any atom is 0.265 e. The highest BCUT2D eigenvalue weighted by molar-refractivity contribution is 7.92. The number of aryl methyl sites for hydroxylation is 1. The van der Waals surface area contributed by atoms with Crippen LogP contribution in [0.5, 0.6) is 11.5 Å². The van der Waals surface area contributed by atoms with E-state index in [4.69, 9.17) is 9.47 Å². The Morgan fingerprint density at radius 2 is 1.88 bits per heavy atom. The van der Waals surface area contributed by atoms with Gasteiger partial charge in [0.1, 0.15) is 16.4 Å². The van der Waals surface area contributed by atoms with Crippen molar-refractivity contribution in [1.82, 2.24) is 4.98 Å². The standard InChI is InChI=1S/C18H18N2O4S2/c1-12-19-16(11-25-12)13-5-4-6-14(9-13)20-26(21,22)18-8-7-15(23-2)10-17(18)24-3/h4-11,20H,1-3H3. The van der Waals surface area contributed by atoms with Crippen LogP contribution in [0.2, 0.25) is 0 Å². The number of aromatic nitrogens is 1. The van der Waals surface area contributed by atoms with Crippen molar-refractivity contribution in [2.24, 2.45) is 0 Å². The number of hydrogen-bond acceptors (Lipinski definition) is 6. The molecule has 1 aromatic heterocycles. The molecule has 0 spiro atoms. The summed E-state index contributed by atoms with van der Waals surface area (Å²) in [5.74, 6) is 0.727. The average molecular weight is 390 g/mol. The molecule has 3 aromatic rings. The molecule has 0 radical (unpaired) electrons. The number of ether oxygens (including phenoxy) is 2. The average Bonchev–Trinajstić information content (AvgIpc) is 3.07. The van der Waals surface area contributed by atoms with Gasteiger partial charge in [-0.25, -0.2) is 13.4 Å². The molecule has 0 aliphatic carbocycles. The largest absolute Gasteiger partial charge is 0.497 e. The first-order valence-corrected chi connectivity index (χ1v) is 10.1. The van der Waals surface area contributed by atoms with Gasteiger partial charge in [-0.15, -0.1) is 11.3 Å². The van der Waals surface area contributed by atoms with Gasteiger partial charge >= 0.3 is 0 Å². The molecule has 3 rings (SSSR count). The van der Waals surface area contributed by atoms with E-state index in [2.05, 4.69) is 9.71 Å². The van der Waals surface area contributed by atoms with Crippen LogP contribution in [0.1, 0.15) is 5.01 Å². The van der Waals surface area contributed by atoms with Crippen molar-refractivity contribution in [3.05, 3.63) is 52.9 Å². The zero-order chi connectivity index (χ0) is 18.7. The first-order chi connectivity index (χ1) is 12.4. The molecule has 8 heteroatoms. The van der Waals surface area contributed by atoms with Gasteiger partial charge in [-0.2, -0.15) is 0 Å². The van der Waals surface area contributed by atoms with Crippen LogP contribution in [-0.2, 0) is 10.0 Å². The third kappa shape index (κ3) is 3.81. The first-order valence-electron chi connectivity index (χ1n) is 7.70. The molecule has 0 unspecified atom stereocenters. The SMILES string of the molecule is COc1ccc(S(=O)(=O)Nc2cccc(-c3csc(C)n3)c2)c(OC)c1. The summed E-state index contributed by atoms with van der Waals surface area (Å²) in [5.41, 5.74) is 2.11. The summed E-state index contributed by atoms with van der Waals surface area (Å²) in [6.45, 7) is 1.93. The molecule has 136 valence electrons. The lowest BCUT2D eigenvalue weighted by Gasteiger charge is -2.13. The molecule has 2 aromatic carbocycles. The Balaban J connectivity index is 1.93. The van der Waals surface area contributed by atoms with Crippen LogP contribution in [0.15, 0.2) is 52.7 Å². The number of hydrogen-bond donors (Lipinski definition) is 1. The lowest BCUT2D eigenvalue weighted by Crippen LogP contribution is -2.14. The van der Waals surface area contributed by atoms with Gasteiger partial charge in [0.2, 0.25) is 0 Å². The van der Waals surface area contributed by atoms with Crippen molar-refractivity contribution in [1.29, 1.82) is 0 Å². The van der Waals surface area contributed by atoms with Crippen LogP contribution in [0.25, 0.3) is 11.3 Å². The van der Waals surface area contributed by atoms with Gasteiger partial charge in [-0.1, -0.05) is 12.1 Å².